The third-order valence-electron chi connectivity index (χ3n) is 4.29. The van der Waals surface area contributed by atoms with Crippen molar-refractivity contribution in [3.63, 3.8) is 0 Å². The van der Waals surface area contributed by atoms with E-state index in [0.717, 1.165) is 11.1 Å². The van der Waals surface area contributed by atoms with Crippen LogP contribution in [0.1, 0.15) is 36.7 Å². The van der Waals surface area contributed by atoms with Gasteiger partial charge in [-0.25, -0.2) is 0 Å². The van der Waals surface area contributed by atoms with Crippen molar-refractivity contribution in [3.8, 4) is 22.8 Å². The topological polar surface area (TPSA) is 85.2 Å². The standard InChI is InChI=1S/C22H26N4O2/c1-22(2,3)14-26(4)21(27)18-7-5-6-17(12-18)20-24-19(25-28-20)16-10-8-15(13-23)9-11-16/h5-12H,13-14,23H2,1-4H3. The second-order valence-corrected chi connectivity index (χ2v) is 8.13. The zero-order valence-corrected chi connectivity index (χ0v) is 16.8. The van der Waals surface area contributed by atoms with Gasteiger partial charge in [0.2, 0.25) is 5.82 Å². The Morgan fingerprint density at radius 1 is 1.11 bits per heavy atom. The molecule has 0 radical (unpaired) electrons. The van der Waals surface area contributed by atoms with Crippen LogP contribution in [0.25, 0.3) is 22.8 Å². The Hall–Kier alpha value is -2.99. The fraction of sp³-hybridized carbons (Fsp3) is 0.318. The van der Waals surface area contributed by atoms with Gasteiger partial charge in [0, 0.05) is 36.8 Å². The molecule has 0 saturated heterocycles. The van der Waals surface area contributed by atoms with Crippen LogP contribution in [-0.4, -0.2) is 34.5 Å². The van der Waals surface area contributed by atoms with Gasteiger partial charge in [-0.15, -0.1) is 0 Å². The van der Waals surface area contributed by atoms with Crippen molar-refractivity contribution in [2.45, 2.75) is 27.3 Å². The van der Waals surface area contributed by atoms with Gasteiger partial charge in [-0.2, -0.15) is 4.98 Å². The average molecular weight is 378 g/mol. The summed E-state index contributed by atoms with van der Waals surface area (Å²) in [5.41, 5.74) is 8.86. The third kappa shape index (κ3) is 4.64. The first-order chi connectivity index (χ1) is 13.3. The fourth-order valence-electron chi connectivity index (χ4n) is 3.04. The Morgan fingerprint density at radius 3 is 2.46 bits per heavy atom. The molecule has 0 unspecified atom stereocenters. The zero-order valence-electron chi connectivity index (χ0n) is 16.8. The molecular formula is C22H26N4O2. The van der Waals surface area contributed by atoms with Crippen LogP contribution < -0.4 is 5.73 Å². The maximum absolute atomic E-state index is 12.7. The first-order valence-electron chi connectivity index (χ1n) is 9.26. The van der Waals surface area contributed by atoms with Crippen LogP contribution >= 0.6 is 0 Å². The summed E-state index contributed by atoms with van der Waals surface area (Å²) in [6, 6.07) is 15.0. The molecule has 3 aromatic rings. The summed E-state index contributed by atoms with van der Waals surface area (Å²) in [5.74, 6) is 0.847. The largest absolute Gasteiger partial charge is 0.341 e. The van der Waals surface area contributed by atoms with E-state index in [9.17, 15) is 4.79 Å². The summed E-state index contributed by atoms with van der Waals surface area (Å²) >= 11 is 0. The van der Waals surface area contributed by atoms with Crippen LogP contribution in [-0.2, 0) is 6.54 Å². The lowest BCUT2D eigenvalue weighted by Crippen LogP contribution is -2.34. The Bertz CT molecular complexity index is 955. The molecule has 0 atom stereocenters. The lowest BCUT2D eigenvalue weighted by Gasteiger charge is -2.26. The van der Waals surface area contributed by atoms with Crippen LogP contribution in [0.4, 0.5) is 0 Å². The Morgan fingerprint density at radius 2 is 1.82 bits per heavy atom. The number of rotatable bonds is 5. The van der Waals surface area contributed by atoms with E-state index < -0.39 is 0 Å². The van der Waals surface area contributed by atoms with E-state index in [1.165, 1.54) is 0 Å². The summed E-state index contributed by atoms with van der Waals surface area (Å²) in [4.78, 5) is 19.0. The molecule has 3 rings (SSSR count). The maximum atomic E-state index is 12.7. The highest BCUT2D eigenvalue weighted by atomic mass is 16.5. The van der Waals surface area contributed by atoms with Crippen molar-refractivity contribution in [1.29, 1.82) is 0 Å². The van der Waals surface area contributed by atoms with Gasteiger partial charge in [0.1, 0.15) is 0 Å². The van der Waals surface area contributed by atoms with Crippen LogP contribution in [0.3, 0.4) is 0 Å². The molecule has 6 heteroatoms. The van der Waals surface area contributed by atoms with Crippen LogP contribution in [0, 0.1) is 5.41 Å². The quantitative estimate of drug-likeness (QED) is 0.726. The van der Waals surface area contributed by atoms with E-state index >= 15 is 0 Å². The smallest absolute Gasteiger partial charge is 0.258 e. The van der Waals surface area contributed by atoms with Crippen LogP contribution in [0.5, 0.6) is 0 Å². The van der Waals surface area contributed by atoms with Gasteiger partial charge < -0.3 is 15.2 Å². The van der Waals surface area contributed by atoms with Crippen molar-refractivity contribution >= 4 is 5.91 Å². The predicted octanol–water partition coefficient (Wildman–Crippen LogP) is 3.98. The van der Waals surface area contributed by atoms with Crippen molar-refractivity contribution in [1.82, 2.24) is 15.0 Å². The van der Waals surface area contributed by atoms with Gasteiger partial charge in [0.05, 0.1) is 0 Å². The number of hydrogen-bond donors (Lipinski definition) is 1. The summed E-state index contributed by atoms with van der Waals surface area (Å²) in [6.45, 7) is 7.47. The van der Waals surface area contributed by atoms with Crippen molar-refractivity contribution < 1.29 is 9.32 Å². The van der Waals surface area contributed by atoms with Crippen LogP contribution in [0.15, 0.2) is 53.1 Å². The second-order valence-electron chi connectivity index (χ2n) is 8.13. The Labute approximate surface area is 165 Å². The van der Waals surface area contributed by atoms with Crippen molar-refractivity contribution in [3.05, 3.63) is 59.7 Å². The highest BCUT2D eigenvalue weighted by Gasteiger charge is 2.20. The van der Waals surface area contributed by atoms with Gasteiger partial charge in [-0.3, -0.25) is 4.79 Å². The van der Waals surface area contributed by atoms with Gasteiger partial charge in [0.15, 0.2) is 0 Å². The fourth-order valence-corrected chi connectivity index (χ4v) is 3.04. The maximum Gasteiger partial charge on any atom is 0.258 e. The number of aromatic nitrogens is 2. The third-order valence-corrected chi connectivity index (χ3v) is 4.29. The molecule has 2 aromatic carbocycles. The molecule has 0 spiro atoms. The number of amides is 1. The molecule has 1 aromatic heterocycles. The molecule has 0 aliphatic heterocycles. The molecule has 0 bridgehead atoms. The van der Waals surface area contributed by atoms with E-state index in [1.807, 2.05) is 43.4 Å². The predicted molar refractivity (Wildman–Crippen MR) is 109 cm³/mol. The summed E-state index contributed by atoms with van der Waals surface area (Å²) < 4.78 is 5.43. The molecular weight excluding hydrogens is 352 g/mol. The monoisotopic (exact) mass is 378 g/mol. The lowest BCUT2D eigenvalue weighted by molar-refractivity contribution is 0.0745. The molecule has 1 heterocycles. The second kappa shape index (κ2) is 7.94. The van der Waals surface area contributed by atoms with Gasteiger partial charge >= 0.3 is 0 Å². The molecule has 0 saturated carbocycles. The minimum atomic E-state index is -0.0334. The molecule has 0 fully saturated rings. The van der Waals surface area contributed by atoms with E-state index in [0.29, 0.717) is 35.9 Å². The lowest BCUT2D eigenvalue weighted by atomic mass is 9.96. The first kappa shape index (κ1) is 19.8. The minimum Gasteiger partial charge on any atom is -0.341 e. The van der Waals surface area contributed by atoms with E-state index in [2.05, 4.69) is 30.9 Å². The highest BCUT2D eigenvalue weighted by Crippen LogP contribution is 2.24. The minimum absolute atomic E-state index is 0.0306. The average Bonchev–Trinajstić information content (AvgIpc) is 3.16. The Balaban J connectivity index is 1.82. The highest BCUT2D eigenvalue weighted by molar-refractivity contribution is 5.95. The SMILES string of the molecule is CN(CC(C)(C)C)C(=O)c1cccc(-c2nc(-c3ccc(CN)cc3)no2)c1. The number of carbonyl (C=O) groups is 1. The van der Waals surface area contributed by atoms with Gasteiger partial charge in [0.25, 0.3) is 11.8 Å². The number of hydrogen-bond acceptors (Lipinski definition) is 5. The van der Waals surface area contributed by atoms with Gasteiger partial charge in [-0.05, 0) is 29.2 Å². The first-order valence-corrected chi connectivity index (χ1v) is 9.26. The zero-order chi connectivity index (χ0) is 20.3. The molecule has 6 nitrogen and oxygen atoms in total. The summed E-state index contributed by atoms with van der Waals surface area (Å²) in [6.07, 6.45) is 0. The molecule has 146 valence electrons. The number of nitrogens with two attached hydrogens (primary N) is 1. The molecule has 1 amide bonds. The van der Waals surface area contributed by atoms with E-state index in [4.69, 9.17) is 10.3 Å². The Kier molecular flexibility index (Phi) is 5.61. The van der Waals surface area contributed by atoms with Gasteiger partial charge in [-0.1, -0.05) is 56.3 Å². The molecule has 2 N–H and O–H groups in total. The molecule has 0 aliphatic rings. The molecule has 0 aliphatic carbocycles. The normalized spacial score (nSPS) is 11.5. The number of nitrogens with zero attached hydrogens (tertiary/aromatic N) is 3. The van der Waals surface area contributed by atoms with Crippen LogP contribution in [0.2, 0.25) is 0 Å². The van der Waals surface area contributed by atoms with E-state index in [-0.39, 0.29) is 11.3 Å². The number of benzene rings is 2. The molecule has 28 heavy (non-hydrogen) atoms. The summed E-state index contributed by atoms with van der Waals surface area (Å²) in [5, 5.41) is 4.06. The number of carbonyl (C=O) groups excluding carboxylic acids is 1. The summed E-state index contributed by atoms with van der Waals surface area (Å²) in [7, 11) is 1.82. The van der Waals surface area contributed by atoms with Crippen molar-refractivity contribution in [2.75, 3.05) is 13.6 Å². The van der Waals surface area contributed by atoms with Crippen molar-refractivity contribution in [2.24, 2.45) is 11.1 Å². The van der Waals surface area contributed by atoms with E-state index in [1.54, 1.807) is 17.0 Å².